The van der Waals surface area contributed by atoms with Gasteiger partial charge in [-0.05, 0) is 121 Å². The van der Waals surface area contributed by atoms with Crippen molar-refractivity contribution in [2.24, 2.45) is 4.40 Å². The Balaban J connectivity index is 2.53. The fourth-order valence-corrected chi connectivity index (χ4v) is 5.64. The maximum atomic E-state index is 12.3. The fourth-order valence-electron chi connectivity index (χ4n) is 1.55. The smallest absolute Gasteiger partial charge is 0.281 e. The summed E-state index contributed by atoms with van der Waals surface area (Å²) in [5, 5.41) is 12.3. The van der Waals surface area contributed by atoms with E-state index in [1.165, 1.54) is 12.1 Å². The molecule has 22 heavy (non-hydrogen) atoms. The predicted molar refractivity (Wildman–Crippen MR) is 117 cm³/mol. The van der Waals surface area contributed by atoms with Gasteiger partial charge in [-0.1, -0.05) is 6.07 Å². The maximum Gasteiger partial charge on any atom is 0.281 e. The second-order valence-corrected chi connectivity index (χ2v) is 10.4. The third-order valence-corrected chi connectivity index (χ3v) is 8.12. The summed E-state index contributed by atoms with van der Waals surface area (Å²) in [6.07, 6.45) is 0. The van der Waals surface area contributed by atoms with Gasteiger partial charge in [0.15, 0.2) is 0 Å². The first-order valence-corrected chi connectivity index (χ1v) is 11.4. The third kappa shape index (κ3) is 4.66. The summed E-state index contributed by atoms with van der Waals surface area (Å²) >= 11 is 8.22. The number of rotatable bonds is 3. The Morgan fingerprint density at radius 1 is 1.00 bits per heavy atom. The number of sulfonamides is 1. The Hall–Kier alpha value is 0.780. The van der Waals surface area contributed by atoms with Crippen LogP contribution in [0.2, 0.25) is 0 Å². The van der Waals surface area contributed by atoms with E-state index in [9.17, 15) is 13.5 Å². The highest BCUT2D eigenvalue weighted by atomic mass is 127. The molecule has 0 unspecified atom stereocenters. The molecule has 0 aliphatic heterocycles. The van der Waals surface area contributed by atoms with E-state index < -0.39 is 15.9 Å². The minimum atomic E-state index is -4.01. The van der Waals surface area contributed by atoms with Crippen LogP contribution in [-0.2, 0) is 10.0 Å². The van der Waals surface area contributed by atoms with Crippen LogP contribution in [0.1, 0.15) is 5.56 Å². The predicted octanol–water partition coefficient (Wildman–Crippen LogP) is 3.60. The van der Waals surface area contributed by atoms with Crippen LogP contribution < -0.4 is 5.11 Å². The summed E-state index contributed by atoms with van der Waals surface area (Å²) in [5.74, 6) is -0.750. The number of hydrogen-bond donors (Lipinski definition) is 0. The van der Waals surface area contributed by atoms with Gasteiger partial charge in [0.05, 0.1) is 4.90 Å². The van der Waals surface area contributed by atoms with Gasteiger partial charge in [0, 0.05) is 25.7 Å². The Kier molecular flexibility index (Phi) is 6.75. The Labute approximate surface area is 182 Å². The SMILES string of the molecule is O=S(=O)(/N=C(\[O-])c1cc(I)cc(I)c1I)c1cccc(I)c1. The van der Waals surface area contributed by atoms with E-state index in [2.05, 4.69) is 49.6 Å². The highest BCUT2D eigenvalue weighted by Crippen LogP contribution is 2.23. The number of nitrogens with zero attached hydrogens (tertiary/aromatic N) is 1. The molecule has 9 heteroatoms. The molecule has 0 atom stereocenters. The zero-order valence-electron chi connectivity index (χ0n) is 10.6. The zero-order valence-corrected chi connectivity index (χ0v) is 20.0. The van der Waals surface area contributed by atoms with Crippen molar-refractivity contribution in [2.45, 2.75) is 4.90 Å². The molecule has 0 aliphatic rings. The van der Waals surface area contributed by atoms with E-state index in [-0.39, 0.29) is 4.90 Å². The normalized spacial score (nSPS) is 12.5. The monoisotopic (exact) mass is 764 g/mol. The molecule has 0 saturated heterocycles. The van der Waals surface area contributed by atoms with Gasteiger partial charge in [0.1, 0.15) is 0 Å². The van der Waals surface area contributed by atoms with Crippen LogP contribution in [0.3, 0.4) is 0 Å². The van der Waals surface area contributed by atoms with Crippen LogP contribution in [0, 0.1) is 14.3 Å². The first-order chi connectivity index (χ1) is 10.2. The molecule has 4 nitrogen and oxygen atoms in total. The van der Waals surface area contributed by atoms with E-state index in [0.29, 0.717) is 9.13 Å². The zero-order chi connectivity index (χ0) is 16.5. The van der Waals surface area contributed by atoms with Crippen LogP contribution in [0.25, 0.3) is 0 Å². The molecule has 0 bridgehead atoms. The van der Waals surface area contributed by atoms with E-state index in [1.54, 1.807) is 18.2 Å². The van der Waals surface area contributed by atoms with Gasteiger partial charge in [-0.2, -0.15) is 12.8 Å². The van der Waals surface area contributed by atoms with Crippen LogP contribution in [0.15, 0.2) is 45.7 Å². The number of benzene rings is 2. The lowest BCUT2D eigenvalue weighted by atomic mass is 10.2. The van der Waals surface area contributed by atoms with Crippen LogP contribution in [-0.4, -0.2) is 14.3 Å². The number of hydrogen-bond acceptors (Lipinski definition) is 3. The molecule has 0 spiro atoms. The fraction of sp³-hybridized carbons (Fsp3) is 0. The van der Waals surface area contributed by atoms with Gasteiger partial charge < -0.3 is 5.11 Å². The van der Waals surface area contributed by atoms with Gasteiger partial charge in [0.2, 0.25) is 0 Å². The summed E-state index contributed by atoms with van der Waals surface area (Å²) in [6.45, 7) is 0. The summed E-state index contributed by atoms with van der Waals surface area (Å²) < 4.78 is 31.2. The quantitative estimate of drug-likeness (QED) is 0.208. The Morgan fingerprint density at radius 2 is 1.68 bits per heavy atom. The summed E-state index contributed by atoms with van der Waals surface area (Å²) in [5.41, 5.74) is 0.297. The molecule has 0 N–H and O–H groups in total. The second kappa shape index (κ2) is 7.77. The van der Waals surface area contributed by atoms with Gasteiger partial charge in [-0.3, -0.25) is 0 Å². The van der Waals surface area contributed by atoms with Gasteiger partial charge >= 0.3 is 0 Å². The van der Waals surface area contributed by atoms with Crippen molar-refractivity contribution in [3.8, 4) is 0 Å². The van der Waals surface area contributed by atoms with Gasteiger partial charge in [0.25, 0.3) is 10.0 Å². The lowest BCUT2D eigenvalue weighted by molar-refractivity contribution is -0.212. The van der Waals surface area contributed by atoms with Crippen molar-refractivity contribution < 1.29 is 13.5 Å². The molecule has 0 aliphatic carbocycles. The molecule has 0 saturated carbocycles. The number of halogens is 4. The molecule has 2 aromatic rings. The molecule has 0 fully saturated rings. The van der Waals surface area contributed by atoms with Crippen LogP contribution >= 0.6 is 90.4 Å². The molecular weight excluding hydrogens is 758 g/mol. The first-order valence-electron chi connectivity index (χ1n) is 5.63. The van der Waals surface area contributed by atoms with E-state index in [0.717, 1.165) is 10.7 Å². The van der Waals surface area contributed by atoms with E-state index >= 15 is 0 Å². The van der Waals surface area contributed by atoms with Crippen molar-refractivity contribution in [1.82, 2.24) is 0 Å². The van der Waals surface area contributed by atoms with Crippen LogP contribution in [0.5, 0.6) is 0 Å². The average molecular weight is 764 g/mol. The van der Waals surface area contributed by atoms with Gasteiger partial charge in [-0.15, -0.1) is 0 Å². The maximum absolute atomic E-state index is 12.3. The topological polar surface area (TPSA) is 69.6 Å². The molecule has 0 amide bonds. The first kappa shape index (κ1) is 19.1. The van der Waals surface area contributed by atoms with Gasteiger partial charge in [-0.25, -0.2) is 0 Å². The molecule has 2 aromatic carbocycles. The Morgan fingerprint density at radius 3 is 2.32 bits per heavy atom. The summed E-state index contributed by atoms with van der Waals surface area (Å²) in [4.78, 5) is 0.0167. The summed E-state index contributed by atoms with van der Waals surface area (Å²) in [7, 11) is -4.01. The van der Waals surface area contributed by atoms with Crippen molar-refractivity contribution in [2.75, 3.05) is 0 Å². The largest absolute Gasteiger partial charge is 0.858 e. The van der Waals surface area contributed by atoms with E-state index in [1.807, 2.05) is 51.2 Å². The average Bonchev–Trinajstić information content (AvgIpc) is 2.42. The van der Waals surface area contributed by atoms with E-state index in [4.69, 9.17) is 0 Å². The molecule has 0 radical (unpaired) electrons. The molecule has 0 heterocycles. The Bertz CT molecular complexity index is 866. The highest BCUT2D eigenvalue weighted by Gasteiger charge is 2.14. The van der Waals surface area contributed by atoms with Crippen molar-refractivity contribution >= 4 is 106 Å². The molecular formula is C13H6I4NO3S-. The van der Waals surface area contributed by atoms with Crippen molar-refractivity contribution in [3.63, 3.8) is 0 Å². The minimum absolute atomic E-state index is 0.0167. The highest BCUT2D eigenvalue weighted by molar-refractivity contribution is 14.1. The summed E-state index contributed by atoms with van der Waals surface area (Å²) in [6, 6.07) is 9.85. The molecule has 116 valence electrons. The third-order valence-electron chi connectivity index (χ3n) is 2.52. The second-order valence-electron chi connectivity index (χ2n) is 4.08. The molecule has 2 rings (SSSR count). The molecule has 0 aromatic heterocycles. The van der Waals surface area contributed by atoms with Crippen molar-refractivity contribution in [1.29, 1.82) is 0 Å². The van der Waals surface area contributed by atoms with Crippen molar-refractivity contribution in [3.05, 3.63) is 56.2 Å². The minimum Gasteiger partial charge on any atom is -0.858 e. The lowest BCUT2D eigenvalue weighted by Gasteiger charge is -2.14. The van der Waals surface area contributed by atoms with Crippen LogP contribution in [0.4, 0.5) is 0 Å². The standard InChI is InChI=1S/C13H7I4NO3S/c14-7-2-1-3-9(4-7)22(20,21)18-13(19)10-5-8(15)6-11(16)12(10)17/h1-6H,(H,18,19)/p-1. The lowest BCUT2D eigenvalue weighted by Crippen LogP contribution is -2.22.